The van der Waals surface area contributed by atoms with Crippen LogP contribution in [0.15, 0.2) is 32.9 Å². The van der Waals surface area contributed by atoms with Crippen LogP contribution in [0, 0.1) is 0 Å². The summed E-state index contributed by atoms with van der Waals surface area (Å²) in [5.41, 5.74) is 2.90. The molecule has 3 rings (SSSR count). The summed E-state index contributed by atoms with van der Waals surface area (Å²) >= 11 is 13.6. The Morgan fingerprint density at radius 3 is 2.86 bits per heavy atom. The summed E-state index contributed by atoms with van der Waals surface area (Å²) in [6.45, 7) is 2.11. The highest BCUT2D eigenvalue weighted by Gasteiger charge is 2.15. The monoisotopic (exact) mass is 423 g/mol. The molecule has 114 valence electrons. The standard InChI is InChI=1S/C15H15BrClNS2.ClH/c16-11-7-12(19-8-11)9-20-15-13-4-6-18-5-3-10(13)1-2-14(15)17;/h1-2,7-8,18H,3-6,9H2;1H. The van der Waals surface area contributed by atoms with Crippen LogP contribution in [-0.4, -0.2) is 13.1 Å². The van der Waals surface area contributed by atoms with Crippen LogP contribution in [0.3, 0.4) is 0 Å². The van der Waals surface area contributed by atoms with Gasteiger partial charge in [0.05, 0.1) is 5.02 Å². The van der Waals surface area contributed by atoms with Gasteiger partial charge in [-0.1, -0.05) is 17.7 Å². The van der Waals surface area contributed by atoms with Crippen LogP contribution in [0.25, 0.3) is 0 Å². The van der Waals surface area contributed by atoms with Gasteiger partial charge in [0, 0.05) is 25.4 Å². The van der Waals surface area contributed by atoms with E-state index in [0.717, 1.165) is 36.7 Å². The van der Waals surface area contributed by atoms with Crippen molar-refractivity contribution < 1.29 is 0 Å². The zero-order chi connectivity index (χ0) is 13.9. The molecule has 21 heavy (non-hydrogen) atoms. The van der Waals surface area contributed by atoms with Crippen molar-refractivity contribution in [2.75, 3.05) is 13.1 Å². The van der Waals surface area contributed by atoms with Crippen molar-refractivity contribution in [1.29, 1.82) is 0 Å². The van der Waals surface area contributed by atoms with E-state index in [1.165, 1.54) is 25.4 Å². The lowest BCUT2D eigenvalue weighted by atomic mass is 10.0. The van der Waals surface area contributed by atoms with E-state index in [4.69, 9.17) is 11.6 Å². The molecule has 6 heteroatoms. The Morgan fingerprint density at radius 1 is 1.29 bits per heavy atom. The second-order valence-corrected chi connectivity index (χ2v) is 8.09. The van der Waals surface area contributed by atoms with Gasteiger partial charge < -0.3 is 5.32 Å². The van der Waals surface area contributed by atoms with Crippen molar-refractivity contribution in [2.45, 2.75) is 23.5 Å². The van der Waals surface area contributed by atoms with Crippen LogP contribution in [0.2, 0.25) is 5.02 Å². The molecule has 1 aromatic carbocycles. The van der Waals surface area contributed by atoms with Gasteiger partial charge in [0.25, 0.3) is 0 Å². The van der Waals surface area contributed by atoms with Gasteiger partial charge >= 0.3 is 0 Å². The second kappa shape index (κ2) is 8.23. The third-order valence-electron chi connectivity index (χ3n) is 3.41. The van der Waals surface area contributed by atoms with E-state index >= 15 is 0 Å². The molecular weight excluding hydrogens is 409 g/mol. The second-order valence-electron chi connectivity index (χ2n) is 4.78. The summed E-state index contributed by atoms with van der Waals surface area (Å²) in [5, 5.41) is 6.49. The topological polar surface area (TPSA) is 12.0 Å². The summed E-state index contributed by atoms with van der Waals surface area (Å²) in [5.74, 6) is 0.986. The van der Waals surface area contributed by atoms with Gasteiger partial charge in [-0.15, -0.1) is 35.5 Å². The van der Waals surface area contributed by atoms with E-state index in [9.17, 15) is 0 Å². The fraction of sp³-hybridized carbons (Fsp3) is 0.333. The molecule has 0 atom stereocenters. The normalized spacial score (nSPS) is 14.2. The minimum atomic E-state index is 0. The largest absolute Gasteiger partial charge is 0.316 e. The van der Waals surface area contributed by atoms with Crippen LogP contribution in [0.1, 0.15) is 16.0 Å². The Balaban J connectivity index is 0.00000161. The van der Waals surface area contributed by atoms with Crippen LogP contribution in [0.5, 0.6) is 0 Å². The first-order chi connectivity index (χ1) is 9.74. The van der Waals surface area contributed by atoms with Crippen molar-refractivity contribution in [1.82, 2.24) is 5.32 Å². The smallest absolute Gasteiger partial charge is 0.0544 e. The fourth-order valence-electron chi connectivity index (χ4n) is 2.44. The molecule has 0 fully saturated rings. The molecule has 1 N–H and O–H groups in total. The molecule has 0 amide bonds. The number of benzene rings is 1. The van der Waals surface area contributed by atoms with E-state index in [1.54, 1.807) is 11.3 Å². The Bertz CT molecular complexity index is 616. The Morgan fingerprint density at radius 2 is 2.10 bits per heavy atom. The molecule has 0 saturated heterocycles. The first-order valence-corrected chi connectivity index (χ1v) is 9.64. The van der Waals surface area contributed by atoms with E-state index in [-0.39, 0.29) is 12.4 Å². The van der Waals surface area contributed by atoms with Gasteiger partial charge in [-0.05, 0) is 65.1 Å². The molecule has 1 aliphatic heterocycles. The van der Waals surface area contributed by atoms with Gasteiger partial charge in [-0.25, -0.2) is 0 Å². The third-order valence-corrected chi connectivity index (χ3v) is 6.93. The van der Waals surface area contributed by atoms with Crippen molar-refractivity contribution >= 4 is 63.0 Å². The number of fused-ring (bicyclic) bond motifs is 1. The van der Waals surface area contributed by atoms with Crippen molar-refractivity contribution in [2.24, 2.45) is 0 Å². The highest BCUT2D eigenvalue weighted by molar-refractivity contribution is 9.10. The molecule has 0 spiro atoms. The van der Waals surface area contributed by atoms with Crippen molar-refractivity contribution in [3.63, 3.8) is 0 Å². The molecular formula is C15H16BrCl2NS2. The lowest BCUT2D eigenvalue weighted by Crippen LogP contribution is -2.16. The van der Waals surface area contributed by atoms with E-state index in [0.29, 0.717) is 0 Å². The van der Waals surface area contributed by atoms with Gasteiger partial charge in [-0.3, -0.25) is 0 Å². The van der Waals surface area contributed by atoms with Crippen LogP contribution in [-0.2, 0) is 18.6 Å². The molecule has 0 bridgehead atoms. The van der Waals surface area contributed by atoms with E-state index in [1.807, 2.05) is 11.8 Å². The van der Waals surface area contributed by atoms with Crippen LogP contribution >= 0.6 is 63.0 Å². The zero-order valence-electron chi connectivity index (χ0n) is 11.3. The minimum Gasteiger partial charge on any atom is -0.316 e. The maximum Gasteiger partial charge on any atom is 0.0544 e. The average molecular weight is 425 g/mol. The first kappa shape index (κ1) is 17.6. The lowest BCUT2D eigenvalue weighted by molar-refractivity contribution is 0.709. The quantitative estimate of drug-likeness (QED) is 0.646. The number of halogens is 3. The van der Waals surface area contributed by atoms with E-state index in [2.05, 4.69) is 44.8 Å². The zero-order valence-corrected chi connectivity index (χ0v) is 16.1. The number of rotatable bonds is 3. The molecule has 1 aromatic heterocycles. The predicted molar refractivity (Wildman–Crippen MR) is 101 cm³/mol. The Labute approximate surface area is 153 Å². The maximum absolute atomic E-state index is 6.44. The summed E-state index contributed by atoms with van der Waals surface area (Å²) in [6, 6.07) is 6.43. The molecule has 2 aromatic rings. The van der Waals surface area contributed by atoms with Gasteiger partial charge in [0.2, 0.25) is 0 Å². The lowest BCUT2D eigenvalue weighted by Gasteiger charge is -2.13. The molecule has 0 radical (unpaired) electrons. The molecule has 0 aliphatic carbocycles. The maximum atomic E-state index is 6.44. The van der Waals surface area contributed by atoms with Crippen LogP contribution in [0.4, 0.5) is 0 Å². The SMILES string of the molecule is Cl.Clc1ccc2c(c1SCc1cc(Br)cs1)CCNCC2. The number of hydrogen-bond donors (Lipinski definition) is 1. The number of thiophene rings is 1. The highest BCUT2D eigenvalue weighted by Crippen LogP contribution is 2.37. The molecule has 0 saturated carbocycles. The number of thioether (sulfide) groups is 1. The van der Waals surface area contributed by atoms with E-state index < -0.39 is 0 Å². The van der Waals surface area contributed by atoms with Gasteiger partial charge in [-0.2, -0.15) is 0 Å². The number of nitrogens with one attached hydrogen (secondary N) is 1. The average Bonchev–Trinajstić information content (AvgIpc) is 2.71. The first-order valence-electron chi connectivity index (χ1n) is 6.61. The van der Waals surface area contributed by atoms with Crippen LogP contribution < -0.4 is 5.32 Å². The minimum absolute atomic E-state index is 0. The summed E-state index contributed by atoms with van der Waals surface area (Å²) in [4.78, 5) is 2.65. The fourth-order valence-corrected chi connectivity index (χ4v) is 5.45. The molecule has 0 unspecified atom stereocenters. The summed E-state index contributed by atoms with van der Waals surface area (Å²) in [6.07, 6.45) is 2.18. The van der Waals surface area contributed by atoms with Gasteiger partial charge in [0.15, 0.2) is 0 Å². The van der Waals surface area contributed by atoms with Crippen molar-refractivity contribution in [3.8, 4) is 0 Å². The predicted octanol–water partition coefficient (Wildman–Crippen LogP) is 5.57. The van der Waals surface area contributed by atoms with Crippen molar-refractivity contribution in [3.05, 3.63) is 49.1 Å². The third kappa shape index (κ3) is 4.40. The number of hydrogen-bond acceptors (Lipinski definition) is 3. The highest BCUT2D eigenvalue weighted by atomic mass is 79.9. The summed E-state index contributed by atoms with van der Waals surface area (Å²) in [7, 11) is 0. The molecule has 1 nitrogen and oxygen atoms in total. The Kier molecular flexibility index (Phi) is 6.91. The van der Waals surface area contributed by atoms with Gasteiger partial charge in [0.1, 0.15) is 0 Å². The Hall–Kier alpha value is 0.290. The molecule has 1 aliphatic rings. The summed E-state index contributed by atoms with van der Waals surface area (Å²) < 4.78 is 1.17. The molecule has 2 heterocycles.